The predicted octanol–water partition coefficient (Wildman–Crippen LogP) is 0.0595. The highest BCUT2D eigenvalue weighted by Crippen LogP contribution is 2.53. The molecular formula is C15H24N2O3. The Bertz CT molecular complexity index is 398. The molecule has 112 valence electrons. The van der Waals surface area contributed by atoms with Crippen molar-refractivity contribution < 1.29 is 14.3 Å². The van der Waals surface area contributed by atoms with E-state index in [-0.39, 0.29) is 0 Å². The van der Waals surface area contributed by atoms with Crippen LogP contribution in [-0.4, -0.2) is 75.4 Å². The number of nitrogens with zero attached hydrogens (tertiary/aromatic N) is 2. The lowest BCUT2D eigenvalue weighted by atomic mass is 9.78. The van der Waals surface area contributed by atoms with Gasteiger partial charge in [0.05, 0.1) is 19.8 Å². The third-order valence-corrected chi connectivity index (χ3v) is 5.73. The van der Waals surface area contributed by atoms with Gasteiger partial charge in [-0.05, 0) is 24.8 Å². The summed E-state index contributed by atoms with van der Waals surface area (Å²) in [5.41, 5.74) is 0.393. The number of carbonyl (C=O) groups is 1. The van der Waals surface area contributed by atoms with Crippen LogP contribution in [0.1, 0.15) is 6.42 Å². The normalized spacial score (nSPS) is 38.0. The molecule has 0 radical (unpaired) electrons. The van der Waals surface area contributed by atoms with E-state index in [0.29, 0.717) is 29.1 Å². The highest BCUT2D eigenvalue weighted by molar-refractivity contribution is 5.83. The number of hydrogen-bond acceptors (Lipinski definition) is 4. The zero-order valence-electron chi connectivity index (χ0n) is 12.2. The second-order valence-electron chi connectivity index (χ2n) is 7.10. The fourth-order valence-corrected chi connectivity index (χ4v) is 4.43. The van der Waals surface area contributed by atoms with Gasteiger partial charge >= 0.3 is 0 Å². The van der Waals surface area contributed by atoms with Crippen LogP contribution in [0.5, 0.6) is 0 Å². The van der Waals surface area contributed by atoms with Crippen LogP contribution in [0, 0.1) is 23.2 Å². The van der Waals surface area contributed by atoms with E-state index in [1.807, 2.05) is 0 Å². The SMILES string of the molecule is COCCN1CCC2(C1)CN(C(=O)C1[C@H]3COC[C@@H]13)C2. The number of carbonyl (C=O) groups excluding carboxylic acids is 1. The number of methoxy groups -OCH3 is 1. The number of amides is 1. The van der Waals surface area contributed by atoms with Crippen molar-refractivity contribution in [1.82, 2.24) is 9.80 Å². The molecule has 4 fully saturated rings. The molecule has 5 heteroatoms. The summed E-state index contributed by atoms with van der Waals surface area (Å²) in [4.78, 5) is 17.0. The van der Waals surface area contributed by atoms with Crippen molar-refractivity contribution in [1.29, 1.82) is 0 Å². The smallest absolute Gasteiger partial charge is 0.226 e. The molecule has 4 aliphatic rings. The van der Waals surface area contributed by atoms with Crippen molar-refractivity contribution in [2.75, 3.05) is 59.7 Å². The van der Waals surface area contributed by atoms with Crippen LogP contribution >= 0.6 is 0 Å². The maximum absolute atomic E-state index is 12.4. The van der Waals surface area contributed by atoms with Crippen LogP contribution in [0.2, 0.25) is 0 Å². The van der Waals surface area contributed by atoms with Crippen molar-refractivity contribution in [2.45, 2.75) is 6.42 Å². The summed E-state index contributed by atoms with van der Waals surface area (Å²) in [6.45, 7) is 7.71. The predicted molar refractivity (Wildman–Crippen MR) is 73.2 cm³/mol. The minimum absolute atomic E-state index is 0.298. The Morgan fingerprint density at radius 2 is 2.05 bits per heavy atom. The quantitative estimate of drug-likeness (QED) is 0.730. The van der Waals surface area contributed by atoms with Crippen LogP contribution in [0.15, 0.2) is 0 Å². The van der Waals surface area contributed by atoms with Crippen molar-refractivity contribution in [3.8, 4) is 0 Å². The van der Waals surface area contributed by atoms with Gasteiger partial charge < -0.3 is 19.3 Å². The summed E-state index contributed by atoms with van der Waals surface area (Å²) in [6, 6.07) is 0. The summed E-state index contributed by atoms with van der Waals surface area (Å²) >= 11 is 0. The monoisotopic (exact) mass is 280 g/mol. The lowest BCUT2D eigenvalue weighted by Gasteiger charge is -2.48. The molecule has 1 aliphatic carbocycles. The zero-order chi connectivity index (χ0) is 13.7. The topological polar surface area (TPSA) is 42.0 Å². The summed E-state index contributed by atoms with van der Waals surface area (Å²) in [7, 11) is 1.76. The maximum atomic E-state index is 12.4. The molecule has 1 saturated carbocycles. The number of likely N-dealkylation sites (tertiary alicyclic amines) is 2. The van der Waals surface area contributed by atoms with Crippen LogP contribution in [0.25, 0.3) is 0 Å². The third kappa shape index (κ3) is 1.98. The molecule has 0 aromatic rings. The average molecular weight is 280 g/mol. The van der Waals surface area contributed by atoms with Gasteiger partial charge in [0.1, 0.15) is 0 Å². The lowest BCUT2D eigenvalue weighted by Crippen LogP contribution is -2.60. The number of rotatable bonds is 4. The van der Waals surface area contributed by atoms with Crippen LogP contribution < -0.4 is 0 Å². The molecule has 0 aromatic heterocycles. The first-order valence-electron chi connectivity index (χ1n) is 7.80. The summed E-state index contributed by atoms with van der Waals surface area (Å²) in [6.07, 6.45) is 1.24. The second kappa shape index (κ2) is 4.68. The molecule has 5 nitrogen and oxygen atoms in total. The summed E-state index contributed by atoms with van der Waals surface area (Å²) < 4.78 is 10.5. The molecule has 1 spiro atoms. The highest BCUT2D eigenvalue weighted by Gasteiger charge is 2.61. The molecule has 1 amide bonds. The molecule has 4 rings (SSSR count). The number of hydrogen-bond donors (Lipinski definition) is 0. The molecule has 3 atom stereocenters. The maximum Gasteiger partial charge on any atom is 0.226 e. The Hall–Kier alpha value is -0.650. The van der Waals surface area contributed by atoms with E-state index in [1.54, 1.807) is 7.11 Å². The molecule has 3 heterocycles. The Labute approximate surface area is 120 Å². The van der Waals surface area contributed by atoms with Crippen molar-refractivity contribution in [3.63, 3.8) is 0 Å². The second-order valence-corrected chi connectivity index (χ2v) is 7.10. The fraction of sp³-hybridized carbons (Fsp3) is 0.933. The van der Waals surface area contributed by atoms with Crippen LogP contribution in [-0.2, 0) is 14.3 Å². The molecule has 20 heavy (non-hydrogen) atoms. The van der Waals surface area contributed by atoms with Crippen molar-refractivity contribution in [2.24, 2.45) is 23.2 Å². The van der Waals surface area contributed by atoms with E-state index in [4.69, 9.17) is 9.47 Å². The van der Waals surface area contributed by atoms with E-state index < -0.39 is 0 Å². The van der Waals surface area contributed by atoms with Crippen LogP contribution in [0.4, 0.5) is 0 Å². The number of ether oxygens (including phenoxy) is 2. The van der Waals surface area contributed by atoms with Gasteiger partial charge in [-0.15, -0.1) is 0 Å². The molecule has 0 bridgehead atoms. The fourth-order valence-electron chi connectivity index (χ4n) is 4.43. The summed E-state index contributed by atoms with van der Waals surface area (Å²) in [5, 5.41) is 0. The van der Waals surface area contributed by atoms with Gasteiger partial charge in [-0.25, -0.2) is 0 Å². The van der Waals surface area contributed by atoms with Crippen molar-refractivity contribution in [3.05, 3.63) is 0 Å². The molecular weight excluding hydrogens is 256 g/mol. The molecule has 0 aromatic carbocycles. The highest BCUT2D eigenvalue weighted by atomic mass is 16.5. The minimum Gasteiger partial charge on any atom is -0.383 e. The van der Waals surface area contributed by atoms with E-state index in [0.717, 1.165) is 52.5 Å². The Balaban J connectivity index is 1.26. The first kappa shape index (κ1) is 13.0. The molecule has 3 aliphatic heterocycles. The van der Waals surface area contributed by atoms with E-state index in [2.05, 4.69) is 9.80 Å². The van der Waals surface area contributed by atoms with Crippen LogP contribution in [0.3, 0.4) is 0 Å². The molecule has 1 unspecified atom stereocenters. The third-order valence-electron chi connectivity index (χ3n) is 5.73. The van der Waals surface area contributed by atoms with E-state index >= 15 is 0 Å². The van der Waals surface area contributed by atoms with Gasteiger partial charge in [-0.1, -0.05) is 0 Å². The Kier molecular flexibility index (Phi) is 3.05. The van der Waals surface area contributed by atoms with Gasteiger partial charge in [0, 0.05) is 44.6 Å². The lowest BCUT2D eigenvalue weighted by molar-refractivity contribution is -0.145. The van der Waals surface area contributed by atoms with Gasteiger partial charge in [-0.3, -0.25) is 4.79 Å². The van der Waals surface area contributed by atoms with Gasteiger partial charge in [0.2, 0.25) is 5.91 Å². The van der Waals surface area contributed by atoms with Gasteiger partial charge in [0.15, 0.2) is 0 Å². The zero-order valence-corrected chi connectivity index (χ0v) is 12.2. The summed E-state index contributed by atoms with van der Waals surface area (Å²) in [5.74, 6) is 1.79. The number of fused-ring (bicyclic) bond motifs is 1. The van der Waals surface area contributed by atoms with E-state index in [9.17, 15) is 4.79 Å². The Morgan fingerprint density at radius 3 is 2.75 bits per heavy atom. The van der Waals surface area contributed by atoms with Crippen molar-refractivity contribution >= 4 is 5.91 Å². The standard InChI is InChI=1S/C15H24N2O3/c1-19-5-4-16-3-2-15(8-16)9-17(10-15)14(18)13-11-6-20-7-12(11)13/h11-13H,2-10H2,1H3/t11-,12+,13?. The van der Waals surface area contributed by atoms with E-state index in [1.165, 1.54) is 6.42 Å². The molecule has 0 N–H and O–H groups in total. The average Bonchev–Trinajstić information content (AvgIpc) is 2.82. The largest absolute Gasteiger partial charge is 0.383 e. The first-order chi connectivity index (χ1) is 9.72. The first-order valence-corrected chi connectivity index (χ1v) is 7.80. The minimum atomic E-state index is 0.298. The van der Waals surface area contributed by atoms with Gasteiger partial charge in [-0.2, -0.15) is 0 Å². The Morgan fingerprint density at radius 1 is 1.30 bits per heavy atom. The van der Waals surface area contributed by atoms with Gasteiger partial charge in [0.25, 0.3) is 0 Å². The molecule has 3 saturated heterocycles.